The molecule has 6 nitrogen and oxygen atoms in total. The van der Waals surface area contributed by atoms with E-state index in [0.717, 1.165) is 96.3 Å². The zero-order valence-corrected chi connectivity index (χ0v) is 54.5. The molecule has 0 aromatic carbocycles. The van der Waals surface area contributed by atoms with E-state index in [1.54, 1.807) is 0 Å². The molecule has 0 rings (SSSR count). The van der Waals surface area contributed by atoms with Gasteiger partial charge in [-0.25, -0.2) is 0 Å². The molecule has 0 spiro atoms. The Bertz CT molecular complexity index is 1550. The van der Waals surface area contributed by atoms with E-state index in [1.165, 1.54) is 225 Å². The van der Waals surface area contributed by atoms with Gasteiger partial charge in [-0.05, 0) is 96.3 Å². The smallest absolute Gasteiger partial charge is 0.306 e. The predicted molar refractivity (Wildman–Crippen MR) is 358 cm³/mol. The summed E-state index contributed by atoms with van der Waals surface area (Å²) in [5.41, 5.74) is 0. The quantitative estimate of drug-likeness (QED) is 0.0261. The SMILES string of the molecule is CC/C=C\C/C=C\C/C=C\C/C=C\C/C=C\C/C=C\CCCCCCCCCCCCCCC(=O)OCC(COC(=O)CCCCCCCCCCCCCCCC)OC(=O)CCCCCCCCCCC/C=C\CCCCCCCC. The first kappa shape index (κ1) is 78.6. The van der Waals surface area contributed by atoms with Gasteiger partial charge in [0.1, 0.15) is 13.2 Å². The lowest BCUT2D eigenvalue weighted by molar-refractivity contribution is -0.167. The molecule has 474 valence electrons. The summed E-state index contributed by atoms with van der Waals surface area (Å²) in [5.74, 6) is -0.856. The lowest BCUT2D eigenvalue weighted by Gasteiger charge is -2.18. The highest BCUT2D eigenvalue weighted by molar-refractivity contribution is 5.71. The molecule has 0 aromatic rings. The van der Waals surface area contributed by atoms with Gasteiger partial charge < -0.3 is 14.2 Å². The molecular formula is C76H134O6. The first-order valence-corrected chi connectivity index (χ1v) is 35.6. The van der Waals surface area contributed by atoms with Crippen LogP contribution in [0, 0.1) is 0 Å². The van der Waals surface area contributed by atoms with Crippen LogP contribution in [0.3, 0.4) is 0 Å². The molecule has 1 unspecified atom stereocenters. The van der Waals surface area contributed by atoms with Crippen LogP contribution in [0.25, 0.3) is 0 Å². The molecule has 0 saturated carbocycles. The molecule has 0 heterocycles. The Morgan fingerprint density at radius 3 is 0.756 bits per heavy atom. The van der Waals surface area contributed by atoms with Crippen molar-refractivity contribution in [2.75, 3.05) is 13.2 Å². The first-order valence-electron chi connectivity index (χ1n) is 35.6. The fraction of sp³-hybridized carbons (Fsp3) is 0.776. The Hall–Kier alpha value is -3.41. The van der Waals surface area contributed by atoms with Crippen LogP contribution in [0.2, 0.25) is 0 Å². The summed E-state index contributed by atoms with van der Waals surface area (Å²) in [6.45, 7) is 6.57. The summed E-state index contributed by atoms with van der Waals surface area (Å²) < 4.78 is 17.0. The second kappa shape index (κ2) is 70.1. The second-order valence-corrected chi connectivity index (χ2v) is 23.8. The van der Waals surface area contributed by atoms with E-state index < -0.39 is 6.10 Å². The van der Waals surface area contributed by atoms with E-state index in [-0.39, 0.29) is 31.1 Å². The maximum absolute atomic E-state index is 12.9. The van der Waals surface area contributed by atoms with Crippen LogP contribution >= 0.6 is 0 Å². The zero-order valence-electron chi connectivity index (χ0n) is 54.5. The molecule has 6 heteroatoms. The molecule has 0 bridgehead atoms. The molecule has 0 fully saturated rings. The topological polar surface area (TPSA) is 78.9 Å². The maximum Gasteiger partial charge on any atom is 0.306 e. The monoisotopic (exact) mass is 1140 g/mol. The molecule has 0 aromatic heterocycles. The normalized spacial score (nSPS) is 12.6. The van der Waals surface area contributed by atoms with Crippen LogP contribution in [-0.4, -0.2) is 37.2 Å². The van der Waals surface area contributed by atoms with Crippen LogP contribution in [0.5, 0.6) is 0 Å². The van der Waals surface area contributed by atoms with Crippen molar-refractivity contribution < 1.29 is 28.6 Å². The summed E-state index contributed by atoms with van der Waals surface area (Å²) >= 11 is 0. The highest BCUT2D eigenvalue weighted by atomic mass is 16.6. The van der Waals surface area contributed by atoms with Gasteiger partial charge in [0.2, 0.25) is 0 Å². The molecule has 0 N–H and O–H groups in total. The minimum atomic E-state index is -0.777. The number of carbonyl (C=O) groups is 3. The number of carbonyl (C=O) groups excluding carboxylic acids is 3. The standard InChI is InChI=1S/C76H134O6/c1-4-7-10-13-16-19-22-25-28-30-32-33-34-35-36-37-38-39-40-41-42-43-45-46-48-51-54-57-60-63-66-69-75(78)81-72-73(71-80-74(77)68-65-62-59-56-53-50-27-24-21-18-15-12-9-6-3)82-76(79)70-67-64-61-58-55-52-49-47-44-31-29-26-23-20-17-14-11-8-5-2/h7,10,16,19,25-26,28-29,32-33,35-36,38-39,73H,4-6,8-9,11-15,17-18,20-24,27,30-31,34,37,40-72H2,1-3H3/b10-7-,19-16-,28-25-,29-26-,33-32-,36-35-,39-38-. The Kier molecular flexibility index (Phi) is 67.2. The Morgan fingerprint density at radius 2 is 0.476 bits per heavy atom. The van der Waals surface area contributed by atoms with E-state index in [4.69, 9.17) is 14.2 Å². The minimum Gasteiger partial charge on any atom is -0.462 e. The van der Waals surface area contributed by atoms with Crippen molar-refractivity contribution in [2.45, 2.75) is 367 Å². The molecule has 0 saturated heterocycles. The number of esters is 3. The molecule has 0 aliphatic carbocycles. The number of hydrogen-bond acceptors (Lipinski definition) is 6. The fourth-order valence-electron chi connectivity index (χ4n) is 10.3. The predicted octanol–water partition coefficient (Wildman–Crippen LogP) is 24.6. The van der Waals surface area contributed by atoms with E-state index in [0.29, 0.717) is 19.3 Å². The zero-order chi connectivity index (χ0) is 59.2. The minimum absolute atomic E-state index is 0.0724. The van der Waals surface area contributed by atoms with Gasteiger partial charge >= 0.3 is 17.9 Å². The van der Waals surface area contributed by atoms with Crippen LogP contribution in [-0.2, 0) is 28.6 Å². The van der Waals surface area contributed by atoms with E-state index in [1.807, 2.05) is 0 Å². The largest absolute Gasteiger partial charge is 0.462 e. The summed E-state index contributed by atoms with van der Waals surface area (Å²) in [4.78, 5) is 38.4. The lowest BCUT2D eigenvalue weighted by Crippen LogP contribution is -2.30. The number of ether oxygens (including phenoxy) is 3. The molecular weight excluding hydrogens is 1010 g/mol. The van der Waals surface area contributed by atoms with Gasteiger partial charge in [-0.3, -0.25) is 14.4 Å². The van der Waals surface area contributed by atoms with Crippen LogP contribution in [0.15, 0.2) is 85.1 Å². The van der Waals surface area contributed by atoms with Crippen LogP contribution < -0.4 is 0 Å². The number of unbranched alkanes of at least 4 members (excludes halogenated alkanes) is 40. The van der Waals surface area contributed by atoms with Crippen molar-refractivity contribution in [1.29, 1.82) is 0 Å². The second-order valence-electron chi connectivity index (χ2n) is 23.8. The number of allylic oxidation sites excluding steroid dienone is 14. The molecule has 0 amide bonds. The van der Waals surface area contributed by atoms with Crippen molar-refractivity contribution in [3.63, 3.8) is 0 Å². The van der Waals surface area contributed by atoms with Gasteiger partial charge in [0.25, 0.3) is 0 Å². The molecule has 0 radical (unpaired) electrons. The summed E-state index contributed by atoms with van der Waals surface area (Å²) in [6, 6.07) is 0. The average Bonchev–Trinajstić information content (AvgIpc) is 3.47. The number of hydrogen-bond donors (Lipinski definition) is 0. The van der Waals surface area contributed by atoms with Crippen molar-refractivity contribution in [1.82, 2.24) is 0 Å². The van der Waals surface area contributed by atoms with E-state index in [2.05, 4.69) is 106 Å². The maximum atomic E-state index is 12.9. The van der Waals surface area contributed by atoms with Crippen molar-refractivity contribution in [2.24, 2.45) is 0 Å². The third-order valence-electron chi connectivity index (χ3n) is 15.6. The van der Waals surface area contributed by atoms with Gasteiger partial charge in [-0.1, -0.05) is 331 Å². The van der Waals surface area contributed by atoms with Gasteiger partial charge in [-0.15, -0.1) is 0 Å². The van der Waals surface area contributed by atoms with Gasteiger partial charge in [0.15, 0.2) is 6.10 Å². The van der Waals surface area contributed by atoms with E-state index in [9.17, 15) is 14.4 Å². The lowest BCUT2D eigenvalue weighted by atomic mass is 10.0. The van der Waals surface area contributed by atoms with Gasteiger partial charge in [0, 0.05) is 19.3 Å². The third kappa shape index (κ3) is 67.4. The third-order valence-corrected chi connectivity index (χ3v) is 15.6. The summed E-state index contributed by atoms with van der Waals surface area (Å²) in [7, 11) is 0. The first-order chi connectivity index (χ1) is 40.5. The summed E-state index contributed by atoms with van der Waals surface area (Å²) in [6.07, 6.45) is 93.2. The van der Waals surface area contributed by atoms with E-state index >= 15 is 0 Å². The fourth-order valence-corrected chi connectivity index (χ4v) is 10.3. The van der Waals surface area contributed by atoms with Crippen molar-refractivity contribution >= 4 is 17.9 Å². The van der Waals surface area contributed by atoms with Crippen LogP contribution in [0.1, 0.15) is 361 Å². The van der Waals surface area contributed by atoms with Crippen molar-refractivity contribution in [3.8, 4) is 0 Å². The van der Waals surface area contributed by atoms with Gasteiger partial charge in [0.05, 0.1) is 0 Å². The molecule has 82 heavy (non-hydrogen) atoms. The molecule has 0 aliphatic heterocycles. The van der Waals surface area contributed by atoms with Gasteiger partial charge in [-0.2, -0.15) is 0 Å². The molecule has 1 atom stereocenters. The highest BCUT2D eigenvalue weighted by Crippen LogP contribution is 2.18. The van der Waals surface area contributed by atoms with Crippen LogP contribution in [0.4, 0.5) is 0 Å². The Balaban J connectivity index is 4.25. The Labute approximate surface area is 509 Å². The Morgan fingerprint density at radius 1 is 0.256 bits per heavy atom. The summed E-state index contributed by atoms with van der Waals surface area (Å²) in [5, 5.41) is 0. The molecule has 0 aliphatic rings. The van der Waals surface area contributed by atoms with Crippen molar-refractivity contribution in [3.05, 3.63) is 85.1 Å². The average molecular weight is 1140 g/mol. The number of rotatable bonds is 65. The highest BCUT2D eigenvalue weighted by Gasteiger charge is 2.19.